The first kappa shape index (κ1) is 15.8. The molecule has 3 nitrogen and oxygen atoms in total. The highest BCUT2D eigenvalue weighted by Gasteiger charge is 2.30. The van der Waals surface area contributed by atoms with E-state index >= 15 is 0 Å². The van der Waals surface area contributed by atoms with Crippen molar-refractivity contribution in [3.8, 4) is 0 Å². The predicted octanol–water partition coefficient (Wildman–Crippen LogP) is 1.96. The SMILES string of the molecule is C[C@H]1CCC[NH+](CC(=O)Nc2ccc(C(F)(F)F)cc2)C1. The van der Waals surface area contributed by atoms with Crippen molar-refractivity contribution in [1.29, 1.82) is 0 Å². The van der Waals surface area contributed by atoms with E-state index in [2.05, 4.69) is 12.2 Å². The van der Waals surface area contributed by atoms with Crippen LogP contribution in [0.5, 0.6) is 0 Å². The molecular weight excluding hydrogens is 281 g/mol. The zero-order valence-electron chi connectivity index (χ0n) is 12.0. The zero-order valence-corrected chi connectivity index (χ0v) is 12.0. The molecule has 1 heterocycles. The van der Waals surface area contributed by atoms with Crippen LogP contribution in [0.1, 0.15) is 25.3 Å². The molecule has 1 aromatic carbocycles. The lowest BCUT2D eigenvalue weighted by Crippen LogP contribution is -3.14. The third-order valence-electron chi connectivity index (χ3n) is 3.77. The number of likely N-dealkylation sites (tertiary alicyclic amines) is 1. The highest BCUT2D eigenvalue weighted by Crippen LogP contribution is 2.29. The van der Waals surface area contributed by atoms with Crippen LogP contribution in [0.3, 0.4) is 0 Å². The average Bonchev–Trinajstić information content (AvgIpc) is 2.38. The summed E-state index contributed by atoms with van der Waals surface area (Å²) in [4.78, 5) is 13.1. The maximum atomic E-state index is 12.4. The Bertz CT molecular complexity index is 485. The minimum absolute atomic E-state index is 0.154. The second-order valence-corrected chi connectivity index (χ2v) is 5.75. The van der Waals surface area contributed by atoms with Gasteiger partial charge in [-0.1, -0.05) is 6.92 Å². The first-order chi connectivity index (χ1) is 9.84. The van der Waals surface area contributed by atoms with Crippen molar-refractivity contribution in [2.24, 2.45) is 5.92 Å². The summed E-state index contributed by atoms with van der Waals surface area (Å²) in [6.07, 6.45) is -2.04. The van der Waals surface area contributed by atoms with E-state index in [0.717, 1.165) is 31.6 Å². The zero-order chi connectivity index (χ0) is 15.5. The lowest BCUT2D eigenvalue weighted by Gasteiger charge is -2.27. The van der Waals surface area contributed by atoms with Gasteiger partial charge in [0.05, 0.1) is 18.7 Å². The lowest BCUT2D eigenvalue weighted by atomic mass is 10.0. The molecule has 0 spiro atoms. The summed E-state index contributed by atoms with van der Waals surface area (Å²) in [7, 11) is 0. The van der Waals surface area contributed by atoms with E-state index in [9.17, 15) is 18.0 Å². The third kappa shape index (κ3) is 4.74. The number of anilines is 1. The fraction of sp³-hybridized carbons (Fsp3) is 0.533. The van der Waals surface area contributed by atoms with Crippen molar-refractivity contribution in [3.63, 3.8) is 0 Å². The third-order valence-corrected chi connectivity index (χ3v) is 3.77. The summed E-state index contributed by atoms with van der Waals surface area (Å²) < 4.78 is 37.3. The van der Waals surface area contributed by atoms with Crippen molar-refractivity contribution in [2.75, 3.05) is 25.0 Å². The number of hydrogen-bond donors (Lipinski definition) is 2. The van der Waals surface area contributed by atoms with E-state index in [1.165, 1.54) is 23.5 Å². The average molecular weight is 301 g/mol. The van der Waals surface area contributed by atoms with Crippen molar-refractivity contribution >= 4 is 11.6 Å². The molecule has 0 aromatic heterocycles. The number of halogens is 3. The molecule has 0 radical (unpaired) electrons. The number of piperidine rings is 1. The summed E-state index contributed by atoms with van der Waals surface area (Å²) in [5.41, 5.74) is -0.312. The number of hydrogen-bond acceptors (Lipinski definition) is 1. The number of alkyl halides is 3. The Labute approximate surface area is 122 Å². The monoisotopic (exact) mass is 301 g/mol. The second kappa shape index (κ2) is 6.47. The molecule has 116 valence electrons. The molecule has 2 rings (SSSR count). The van der Waals surface area contributed by atoms with E-state index in [1.54, 1.807) is 0 Å². The molecule has 1 aliphatic rings. The van der Waals surface area contributed by atoms with E-state index in [-0.39, 0.29) is 5.91 Å². The topological polar surface area (TPSA) is 33.5 Å². The van der Waals surface area contributed by atoms with E-state index < -0.39 is 11.7 Å². The molecule has 1 aliphatic heterocycles. The van der Waals surface area contributed by atoms with Crippen LogP contribution in [0.4, 0.5) is 18.9 Å². The van der Waals surface area contributed by atoms with E-state index in [0.29, 0.717) is 18.2 Å². The first-order valence-corrected chi connectivity index (χ1v) is 7.15. The van der Waals surface area contributed by atoms with Gasteiger partial charge in [-0.05, 0) is 37.1 Å². The maximum absolute atomic E-state index is 12.4. The van der Waals surface area contributed by atoms with Gasteiger partial charge in [-0.25, -0.2) is 0 Å². The molecule has 2 atom stereocenters. The Morgan fingerprint density at radius 2 is 2.00 bits per heavy atom. The van der Waals surface area contributed by atoms with Gasteiger partial charge in [0.1, 0.15) is 0 Å². The smallest absolute Gasteiger partial charge is 0.327 e. The van der Waals surface area contributed by atoms with Crippen LogP contribution in [0.2, 0.25) is 0 Å². The van der Waals surface area contributed by atoms with Gasteiger partial charge in [-0.3, -0.25) is 4.79 Å². The van der Waals surface area contributed by atoms with Gasteiger partial charge in [0.15, 0.2) is 6.54 Å². The summed E-state index contributed by atoms with van der Waals surface area (Å²) in [6, 6.07) is 4.53. The predicted molar refractivity (Wildman–Crippen MR) is 74.0 cm³/mol. The molecule has 0 saturated carbocycles. The quantitative estimate of drug-likeness (QED) is 0.879. The number of carbonyl (C=O) groups excluding carboxylic acids is 1. The summed E-state index contributed by atoms with van der Waals surface area (Å²) in [6.45, 7) is 4.49. The molecule has 6 heteroatoms. The Kier molecular flexibility index (Phi) is 4.88. The van der Waals surface area contributed by atoms with Crippen molar-refractivity contribution in [1.82, 2.24) is 0 Å². The summed E-state index contributed by atoms with van der Waals surface area (Å²) >= 11 is 0. The van der Waals surface area contributed by atoms with Crippen LogP contribution in [-0.4, -0.2) is 25.5 Å². The van der Waals surface area contributed by atoms with E-state index in [4.69, 9.17) is 0 Å². The van der Waals surface area contributed by atoms with Gasteiger partial charge in [0.2, 0.25) is 0 Å². The molecular formula is C15H20F3N2O+. The van der Waals surface area contributed by atoms with Crippen molar-refractivity contribution in [2.45, 2.75) is 25.9 Å². The van der Waals surface area contributed by atoms with Gasteiger partial charge in [0, 0.05) is 11.6 Å². The number of amides is 1. The van der Waals surface area contributed by atoms with Gasteiger partial charge in [0.25, 0.3) is 5.91 Å². The molecule has 2 N–H and O–H groups in total. The molecule has 0 bridgehead atoms. The highest BCUT2D eigenvalue weighted by atomic mass is 19.4. The summed E-state index contributed by atoms with van der Waals surface area (Å²) in [5, 5.41) is 2.66. The maximum Gasteiger partial charge on any atom is 0.416 e. The molecule has 1 amide bonds. The van der Waals surface area contributed by atoms with Crippen LogP contribution in [0.15, 0.2) is 24.3 Å². The minimum Gasteiger partial charge on any atom is -0.327 e. The molecule has 1 fully saturated rings. The standard InChI is InChI=1S/C15H19F3N2O/c1-11-3-2-8-20(9-11)10-14(21)19-13-6-4-12(5-7-13)15(16,17)18/h4-7,11H,2-3,8-10H2,1H3,(H,19,21)/p+1/t11-/m0/s1. The van der Waals surface area contributed by atoms with Crippen molar-refractivity contribution < 1.29 is 22.9 Å². The Morgan fingerprint density at radius 1 is 1.33 bits per heavy atom. The molecule has 1 aromatic rings. The Hall–Kier alpha value is -1.56. The van der Waals surface area contributed by atoms with Crippen LogP contribution in [-0.2, 0) is 11.0 Å². The minimum atomic E-state index is -4.35. The largest absolute Gasteiger partial charge is 0.416 e. The Morgan fingerprint density at radius 3 is 2.57 bits per heavy atom. The fourth-order valence-corrected chi connectivity index (χ4v) is 2.73. The number of benzene rings is 1. The van der Waals surface area contributed by atoms with Gasteiger partial charge in [-0.2, -0.15) is 13.2 Å². The normalized spacial score (nSPS) is 22.9. The molecule has 1 unspecified atom stereocenters. The number of carbonyl (C=O) groups is 1. The second-order valence-electron chi connectivity index (χ2n) is 5.75. The molecule has 0 aliphatic carbocycles. The van der Waals surface area contributed by atoms with Gasteiger partial charge in [-0.15, -0.1) is 0 Å². The van der Waals surface area contributed by atoms with Crippen LogP contribution in [0, 0.1) is 5.92 Å². The van der Waals surface area contributed by atoms with E-state index in [1.807, 2.05) is 0 Å². The van der Waals surface area contributed by atoms with Gasteiger partial charge < -0.3 is 10.2 Å². The molecule has 21 heavy (non-hydrogen) atoms. The molecule has 1 saturated heterocycles. The summed E-state index contributed by atoms with van der Waals surface area (Å²) in [5.74, 6) is 0.464. The highest BCUT2D eigenvalue weighted by molar-refractivity contribution is 5.91. The van der Waals surface area contributed by atoms with Crippen LogP contribution in [0.25, 0.3) is 0 Å². The first-order valence-electron chi connectivity index (χ1n) is 7.15. The van der Waals surface area contributed by atoms with Crippen LogP contribution < -0.4 is 10.2 Å². The lowest BCUT2D eigenvalue weighted by molar-refractivity contribution is -0.900. The number of quaternary nitrogens is 1. The number of nitrogens with one attached hydrogen (secondary N) is 2. The fourth-order valence-electron chi connectivity index (χ4n) is 2.73. The van der Waals surface area contributed by atoms with Crippen LogP contribution >= 0.6 is 0 Å². The Balaban J connectivity index is 1.87. The van der Waals surface area contributed by atoms with Crippen molar-refractivity contribution in [3.05, 3.63) is 29.8 Å². The number of rotatable bonds is 3. The van der Waals surface area contributed by atoms with Gasteiger partial charge >= 0.3 is 6.18 Å².